The molecular weight excluding hydrogens is 264 g/mol. The van der Waals surface area contributed by atoms with Gasteiger partial charge in [0.15, 0.2) is 0 Å². The number of carbonyl (C=O) groups is 1. The highest BCUT2D eigenvalue weighted by Crippen LogP contribution is 2.36. The van der Waals surface area contributed by atoms with E-state index in [2.05, 4.69) is 24.1 Å². The zero-order valence-electron chi connectivity index (χ0n) is 12.3. The number of ether oxygens (including phenoxy) is 1. The quantitative estimate of drug-likeness (QED) is 0.937. The van der Waals surface area contributed by atoms with Crippen LogP contribution in [0.15, 0.2) is 23.9 Å². The molecule has 1 aromatic heterocycles. The van der Waals surface area contributed by atoms with Gasteiger partial charge >= 0.3 is 0 Å². The Balaban J connectivity index is 2.10. The third kappa shape index (κ3) is 2.49. The van der Waals surface area contributed by atoms with Crippen LogP contribution in [0.25, 0.3) is 16.8 Å². The van der Waals surface area contributed by atoms with E-state index < -0.39 is 0 Å². The summed E-state index contributed by atoms with van der Waals surface area (Å²) in [6, 6.07) is 4.11. The van der Waals surface area contributed by atoms with Crippen LogP contribution < -0.4 is 10.5 Å². The zero-order valence-corrected chi connectivity index (χ0v) is 12.3. The van der Waals surface area contributed by atoms with Gasteiger partial charge in [-0.25, -0.2) is 4.98 Å². The SMILES string of the molecule is CCOc1cc2c3c(c(C)cc2cn1)C=C(CC(N)=O)C3. The second-order valence-electron chi connectivity index (χ2n) is 5.38. The van der Waals surface area contributed by atoms with Crippen molar-refractivity contribution in [1.29, 1.82) is 0 Å². The van der Waals surface area contributed by atoms with Gasteiger partial charge in [-0.1, -0.05) is 11.6 Å². The monoisotopic (exact) mass is 282 g/mol. The number of carbonyl (C=O) groups excluding carboxylic acids is 1. The summed E-state index contributed by atoms with van der Waals surface area (Å²) in [5.41, 5.74) is 10.0. The Bertz CT molecular complexity index is 763. The topological polar surface area (TPSA) is 65.2 Å². The van der Waals surface area contributed by atoms with Crippen molar-refractivity contribution in [3.05, 3.63) is 40.6 Å². The van der Waals surface area contributed by atoms with Crippen LogP contribution in [-0.2, 0) is 11.2 Å². The van der Waals surface area contributed by atoms with Gasteiger partial charge in [0, 0.05) is 24.1 Å². The lowest BCUT2D eigenvalue weighted by atomic mass is 9.97. The molecule has 2 aromatic rings. The van der Waals surface area contributed by atoms with Crippen molar-refractivity contribution in [3.63, 3.8) is 0 Å². The number of nitrogens with zero attached hydrogens (tertiary/aromatic N) is 1. The minimum absolute atomic E-state index is 0.285. The third-order valence-electron chi connectivity index (χ3n) is 3.80. The smallest absolute Gasteiger partial charge is 0.221 e. The van der Waals surface area contributed by atoms with Gasteiger partial charge in [0.1, 0.15) is 0 Å². The highest BCUT2D eigenvalue weighted by Gasteiger charge is 2.19. The Labute approximate surface area is 123 Å². The van der Waals surface area contributed by atoms with E-state index in [1.165, 1.54) is 16.7 Å². The standard InChI is InChI=1S/C17H18N2O2/c1-3-21-17-8-14-12(9-19-17)4-10(2)13-5-11(6-15(13)14)7-16(18)20/h4-5,8-9H,3,6-7H2,1-2H3,(H2,18,20). The molecule has 0 saturated carbocycles. The molecule has 21 heavy (non-hydrogen) atoms. The molecule has 0 unspecified atom stereocenters. The van der Waals surface area contributed by atoms with Gasteiger partial charge in [-0.05, 0) is 48.4 Å². The van der Waals surface area contributed by atoms with Crippen molar-refractivity contribution >= 4 is 22.8 Å². The molecule has 4 nitrogen and oxygen atoms in total. The predicted molar refractivity (Wildman–Crippen MR) is 83.1 cm³/mol. The number of amides is 1. The molecule has 1 aliphatic carbocycles. The molecule has 1 aliphatic rings. The maximum atomic E-state index is 11.1. The Hall–Kier alpha value is -2.36. The fourth-order valence-electron chi connectivity index (χ4n) is 2.95. The van der Waals surface area contributed by atoms with Crippen molar-refractivity contribution in [3.8, 4) is 5.88 Å². The highest BCUT2D eigenvalue weighted by molar-refractivity contribution is 5.93. The van der Waals surface area contributed by atoms with Crippen LogP contribution in [0.1, 0.15) is 30.0 Å². The van der Waals surface area contributed by atoms with E-state index in [1.54, 1.807) is 0 Å². The van der Waals surface area contributed by atoms with E-state index >= 15 is 0 Å². The molecule has 2 N–H and O–H groups in total. The molecule has 4 heteroatoms. The molecule has 0 bridgehead atoms. The Morgan fingerprint density at radius 1 is 1.43 bits per heavy atom. The maximum absolute atomic E-state index is 11.1. The molecule has 0 fully saturated rings. The zero-order chi connectivity index (χ0) is 15.0. The highest BCUT2D eigenvalue weighted by atomic mass is 16.5. The summed E-state index contributed by atoms with van der Waals surface area (Å²) in [5.74, 6) is 0.354. The number of hydrogen-bond donors (Lipinski definition) is 1. The van der Waals surface area contributed by atoms with Gasteiger partial charge in [0.25, 0.3) is 0 Å². The fraction of sp³-hybridized carbons (Fsp3) is 0.294. The molecule has 0 atom stereocenters. The van der Waals surface area contributed by atoms with Gasteiger partial charge < -0.3 is 10.5 Å². The van der Waals surface area contributed by atoms with Gasteiger partial charge in [-0.3, -0.25) is 4.79 Å². The molecule has 0 spiro atoms. The summed E-state index contributed by atoms with van der Waals surface area (Å²) in [7, 11) is 0. The number of pyridine rings is 1. The number of rotatable bonds is 4. The predicted octanol–water partition coefficient (Wildman–Crippen LogP) is 2.76. The van der Waals surface area contributed by atoms with Crippen LogP contribution in [0.4, 0.5) is 0 Å². The van der Waals surface area contributed by atoms with E-state index in [4.69, 9.17) is 10.5 Å². The summed E-state index contributed by atoms with van der Waals surface area (Å²) in [6.07, 6.45) is 5.03. The van der Waals surface area contributed by atoms with Crippen LogP contribution in [0, 0.1) is 6.92 Å². The summed E-state index contributed by atoms with van der Waals surface area (Å²) >= 11 is 0. The number of aromatic nitrogens is 1. The number of hydrogen-bond acceptors (Lipinski definition) is 3. The molecule has 108 valence electrons. The van der Waals surface area contributed by atoms with Crippen LogP contribution >= 0.6 is 0 Å². The first-order valence-electron chi connectivity index (χ1n) is 7.11. The van der Waals surface area contributed by atoms with Gasteiger partial charge in [-0.2, -0.15) is 0 Å². The van der Waals surface area contributed by atoms with E-state index in [1.807, 2.05) is 19.2 Å². The lowest BCUT2D eigenvalue weighted by Crippen LogP contribution is -2.11. The van der Waals surface area contributed by atoms with Crippen molar-refractivity contribution in [2.24, 2.45) is 5.73 Å². The van der Waals surface area contributed by atoms with E-state index in [0.29, 0.717) is 18.9 Å². The normalized spacial score (nSPS) is 13.1. The first kappa shape index (κ1) is 13.6. The van der Waals surface area contributed by atoms with Crippen molar-refractivity contribution in [2.75, 3.05) is 6.61 Å². The average Bonchev–Trinajstić information content (AvgIpc) is 2.83. The molecular formula is C17H18N2O2. The van der Waals surface area contributed by atoms with Crippen LogP contribution in [-0.4, -0.2) is 17.5 Å². The van der Waals surface area contributed by atoms with Crippen molar-refractivity contribution in [1.82, 2.24) is 4.98 Å². The summed E-state index contributed by atoms with van der Waals surface area (Å²) in [6.45, 7) is 4.62. The van der Waals surface area contributed by atoms with Gasteiger partial charge in [0.05, 0.1) is 6.61 Å². The minimum atomic E-state index is -0.285. The van der Waals surface area contributed by atoms with E-state index in [-0.39, 0.29) is 5.91 Å². The van der Waals surface area contributed by atoms with Crippen molar-refractivity contribution in [2.45, 2.75) is 26.7 Å². The first-order chi connectivity index (χ1) is 10.1. The van der Waals surface area contributed by atoms with Crippen molar-refractivity contribution < 1.29 is 9.53 Å². The molecule has 1 aromatic carbocycles. The van der Waals surface area contributed by atoms with Crippen LogP contribution in [0.2, 0.25) is 0 Å². The van der Waals surface area contributed by atoms with Gasteiger partial charge in [0.2, 0.25) is 11.8 Å². The minimum Gasteiger partial charge on any atom is -0.478 e. The second kappa shape index (κ2) is 5.20. The van der Waals surface area contributed by atoms with E-state index in [9.17, 15) is 4.79 Å². The number of aryl methyl sites for hydroxylation is 1. The Morgan fingerprint density at radius 2 is 2.24 bits per heavy atom. The van der Waals surface area contributed by atoms with Gasteiger partial charge in [-0.15, -0.1) is 0 Å². The number of benzene rings is 1. The molecule has 0 aliphatic heterocycles. The summed E-state index contributed by atoms with van der Waals surface area (Å²) in [5, 5.41) is 2.24. The largest absolute Gasteiger partial charge is 0.478 e. The molecule has 1 amide bonds. The number of nitrogens with two attached hydrogens (primary N) is 1. The third-order valence-corrected chi connectivity index (χ3v) is 3.80. The lowest BCUT2D eigenvalue weighted by molar-refractivity contribution is -0.117. The molecule has 1 heterocycles. The fourth-order valence-corrected chi connectivity index (χ4v) is 2.95. The summed E-state index contributed by atoms with van der Waals surface area (Å²) in [4.78, 5) is 15.5. The average molecular weight is 282 g/mol. The molecule has 3 rings (SSSR count). The Morgan fingerprint density at radius 3 is 2.95 bits per heavy atom. The Kier molecular flexibility index (Phi) is 3.37. The molecule has 0 saturated heterocycles. The molecule has 0 radical (unpaired) electrons. The van der Waals surface area contributed by atoms with Crippen LogP contribution in [0.5, 0.6) is 5.88 Å². The van der Waals surface area contributed by atoms with Crippen LogP contribution in [0.3, 0.4) is 0 Å². The lowest BCUT2D eigenvalue weighted by Gasteiger charge is -2.10. The maximum Gasteiger partial charge on any atom is 0.221 e. The summed E-state index contributed by atoms with van der Waals surface area (Å²) < 4.78 is 5.49. The second-order valence-corrected chi connectivity index (χ2v) is 5.38. The number of fused-ring (bicyclic) bond motifs is 3. The first-order valence-corrected chi connectivity index (χ1v) is 7.11. The number of primary amides is 1. The van der Waals surface area contributed by atoms with E-state index in [0.717, 1.165) is 22.8 Å².